The van der Waals surface area contributed by atoms with Gasteiger partial charge in [0.25, 0.3) is 0 Å². The Bertz CT molecular complexity index is 590. The van der Waals surface area contributed by atoms with Crippen LogP contribution in [0.4, 0.5) is 0 Å². The maximum absolute atomic E-state index is 8.70. The Morgan fingerprint density at radius 2 is 1.94 bits per heavy atom. The van der Waals surface area contributed by atoms with E-state index in [9.17, 15) is 0 Å². The van der Waals surface area contributed by atoms with Crippen LogP contribution < -0.4 is 0 Å². The van der Waals surface area contributed by atoms with Crippen molar-refractivity contribution >= 4 is 22.5 Å². The van der Waals surface area contributed by atoms with Crippen LogP contribution in [-0.4, -0.2) is 12.9 Å². The van der Waals surface area contributed by atoms with Crippen molar-refractivity contribution in [1.82, 2.24) is 0 Å². The zero-order valence-electron chi connectivity index (χ0n) is 10.5. The molecular formula is C15H15NOS. The highest BCUT2D eigenvalue weighted by atomic mass is 32.2. The number of thioether (sulfide) groups is 1. The number of benzene rings is 2. The SMILES string of the molecule is COC(C)(CSC#N)c1ccc2ccccc2c1. The third-order valence-electron chi connectivity index (χ3n) is 3.22. The second kappa shape index (κ2) is 5.43. The van der Waals surface area contributed by atoms with Crippen molar-refractivity contribution in [1.29, 1.82) is 5.26 Å². The third-order valence-corrected chi connectivity index (χ3v) is 4.05. The Labute approximate surface area is 112 Å². The summed E-state index contributed by atoms with van der Waals surface area (Å²) in [6.45, 7) is 2.02. The van der Waals surface area contributed by atoms with E-state index in [0.717, 1.165) is 5.56 Å². The van der Waals surface area contributed by atoms with Crippen LogP contribution in [0.15, 0.2) is 42.5 Å². The lowest BCUT2D eigenvalue weighted by molar-refractivity contribution is 0.0240. The van der Waals surface area contributed by atoms with Crippen LogP contribution in [0.3, 0.4) is 0 Å². The summed E-state index contributed by atoms with van der Waals surface area (Å²) in [7, 11) is 1.69. The summed E-state index contributed by atoms with van der Waals surface area (Å²) < 4.78 is 5.60. The fourth-order valence-corrected chi connectivity index (χ4v) is 2.57. The summed E-state index contributed by atoms with van der Waals surface area (Å²) >= 11 is 1.22. The van der Waals surface area contributed by atoms with Gasteiger partial charge in [-0.05, 0) is 41.1 Å². The number of hydrogen-bond donors (Lipinski definition) is 0. The molecule has 1 atom stereocenters. The standard InChI is InChI=1S/C15H15NOS/c1-15(17-2,10-18-11-16)14-8-7-12-5-3-4-6-13(12)9-14/h3-9H,10H2,1-2H3. The fraction of sp³-hybridized carbons (Fsp3) is 0.267. The van der Waals surface area contributed by atoms with Gasteiger partial charge in [0, 0.05) is 12.9 Å². The molecule has 0 saturated heterocycles. The lowest BCUT2D eigenvalue weighted by atomic mass is 9.95. The normalized spacial score (nSPS) is 14.1. The lowest BCUT2D eigenvalue weighted by Crippen LogP contribution is -2.27. The molecule has 0 spiro atoms. The molecule has 3 heteroatoms. The molecule has 0 amide bonds. The molecule has 0 aliphatic rings. The van der Waals surface area contributed by atoms with Crippen molar-refractivity contribution in [2.75, 3.05) is 12.9 Å². The van der Waals surface area contributed by atoms with E-state index in [4.69, 9.17) is 10.00 Å². The second-order valence-electron chi connectivity index (χ2n) is 4.38. The Morgan fingerprint density at radius 3 is 2.61 bits per heavy atom. The van der Waals surface area contributed by atoms with Crippen LogP contribution in [-0.2, 0) is 10.3 Å². The number of fused-ring (bicyclic) bond motifs is 1. The maximum atomic E-state index is 8.70. The van der Waals surface area contributed by atoms with Crippen molar-refractivity contribution in [3.05, 3.63) is 48.0 Å². The largest absolute Gasteiger partial charge is 0.373 e. The number of thiocyanates is 1. The van der Waals surface area contributed by atoms with Crippen molar-refractivity contribution in [3.8, 4) is 5.40 Å². The van der Waals surface area contributed by atoms with Crippen LogP contribution in [0.5, 0.6) is 0 Å². The molecular weight excluding hydrogens is 242 g/mol. The number of rotatable bonds is 4. The van der Waals surface area contributed by atoms with Gasteiger partial charge in [0.15, 0.2) is 0 Å². The van der Waals surface area contributed by atoms with E-state index in [2.05, 4.69) is 35.7 Å². The molecule has 0 aliphatic carbocycles. The van der Waals surface area contributed by atoms with Crippen molar-refractivity contribution in [2.45, 2.75) is 12.5 Å². The molecule has 2 nitrogen and oxygen atoms in total. The van der Waals surface area contributed by atoms with Gasteiger partial charge in [0.1, 0.15) is 5.40 Å². The van der Waals surface area contributed by atoms with E-state index in [-0.39, 0.29) is 0 Å². The summed E-state index contributed by atoms with van der Waals surface area (Å²) in [6.07, 6.45) is 0. The molecule has 2 rings (SSSR count). The average Bonchev–Trinajstić information content (AvgIpc) is 2.44. The smallest absolute Gasteiger partial charge is 0.133 e. The topological polar surface area (TPSA) is 33.0 Å². The van der Waals surface area contributed by atoms with Crippen LogP contribution in [0, 0.1) is 10.7 Å². The molecule has 92 valence electrons. The van der Waals surface area contributed by atoms with Crippen molar-refractivity contribution < 1.29 is 4.74 Å². The second-order valence-corrected chi connectivity index (χ2v) is 5.14. The van der Waals surface area contributed by atoms with Gasteiger partial charge >= 0.3 is 0 Å². The zero-order chi connectivity index (χ0) is 13.0. The van der Waals surface area contributed by atoms with Crippen molar-refractivity contribution in [2.24, 2.45) is 0 Å². The fourth-order valence-electron chi connectivity index (χ4n) is 1.95. The molecule has 0 radical (unpaired) electrons. The number of ether oxygens (including phenoxy) is 1. The highest BCUT2D eigenvalue weighted by molar-refractivity contribution is 8.03. The molecule has 18 heavy (non-hydrogen) atoms. The summed E-state index contributed by atoms with van der Waals surface area (Å²) in [6, 6.07) is 14.5. The van der Waals surface area contributed by atoms with Gasteiger partial charge < -0.3 is 4.74 Å². The van der Waals surface area contributed by atoms with Gasteiger partial charge in [-0.25, -0.2) is 0 Å². The van der Waals surface area contributed by atoms with Gasteiger partial charge in [0.2, 0.25) is 0 Å². The van der Waals surface area contributed by atoms with Gasteiger partial charge in [-0.2, -0.15) is 5.26 Å². The maximum Gasteiger partial charge on any atom is 0.133 e. The quantitative estimate of drug-likeness (QED) is 0.778. The van der Waals surface area contributed by atoms with Gasteiger partial charge in [-0.3, -0.25) is 0 Å². The van der Waals surface area contributed by atoms with E-state index >= 15 is 0 Å². The molecule has 1 unspecified atom stereocenters. The van der Waals surface area contributed by atoms with Gasteiger partial charge in [-0.15, -0.1) is 0 Å². The highest BCUT2D eigenvalue weighted by Gasteiger charge is 2.26. The van der Waals surface area contributed by atoms with Crippen LogP contribution >= 0.6 is 11.8 Å². The monoisotopic (exact) mass is 257 g/mol. The summed E-state index contributed by atoms with van der Waals surface area (Å²) in [5.74, 6) is 0.623. The molecule has 0 N–H and O–H groups in total. The summed E-state index contributed by atoms with van der Waals surface area (Å²) in [5.41, 5.74) is 0.677. The minimum atomic E-state index is -0.426. The van der Waals surface area contributed by atoms with E-state index in [1.54, 1.807) is 7.11 Å². The Balaban J connectivity index is 2.42. The molecule has 0 bridgehead atoms. The molecule has 2 aromatic carbocycles. The minimum absolute atomic E-state index is 0.426. The van der Waals surface area contributed by atoms with E-state index in [1.807, 2.05) is 19.1 Å². The van der Waals surface area contributed by atoms with Gasteiger partial charge in [0.05, 0.1) is 5.60 Å². The zero-order valence-corrected chi connectivity index (χ0v) is 11.3. The number of hydrogen-bond acceptors (Lipinski definition) is 3. The summed E-state index contributed by atoms with van der Waals surface area (Å²) in [4.78, 5) is 0. The number of methoxy groups -OCH3 is 1. The van der Waals surface area contributed by atoms with E-state index in [1.165, 1.54) is 22.5 Å². The molecule has 0 heterocycles. The first kappa shape index (κ1) is 12.9. The van der Waals surface area contributed by atoms with Crippen LogP contribution in [0.2, 0.25) is 0 Å². The predicted octanol–water partition coefficient (Wildman–Crippen LogP) is 3.92. The Morgan fingerprint density at radius 1 is 1.22 bits per heavy atom. The van der Waals surface area contributed by atoms with Gasteiger partial charge in [-0.1, -0.05) is 36.4 Å². The molecule has 0 aromatic heterocycles. The molecule has 0 saturated carbocycles. The molecule has 2 aromatic rings. The lowest BCUT2D eigenvalue weighted by Gasteiger charge is -2.27. The summed E-state index contributed by atoms with van der Waals surface area (Å²) in [5, 5.41) is 13.2. The minimum Gasteiger partial charge on any atom is -0.373 e. The number of nitriles is 1. The van der Waals surface area contributed by atoms with Crippen LogP contribution in [0.25, 0.3) is 10.8 Å². The third kappa shape index (κ3) is 2.50. The van der Waals surface area contributed by atoms with E-state index < -0.39 is 5.60 Å². The Hall–Kier alpha value is -1.50. The number of nitrogens with zero attached hydrogens (tertiary/aromatic N) is 1. The first-order chi connectivity index (χ1) is 8.69. The highest BCUT2D eigenvalue weighted by Crippen LogP contribution is 2.30. The predicted molar refractivity (Wildman–Crippen MR) is 76.4 cm³/mol. The average molecular weight is 257 g/mol. The first-order valence-electron chi connectivity index (χ1n) is 5.75. The van der Waals surface area contributed by atoms with Crippen molar-refractivity contribution in [3.63, 3.8) is 0 Å². The molecule has 0 aliphatic heterocycles. The van der Waals surface area contributed by atoms with E-state index in [0.29, 0.717) is 5.75 Å². The first-order valence-corrected chi connectivity index (χ1v) is 6.73. The Kier molecular flexibility index (Phi) is 3.90. The molecule has 0 fully saturated rings. The van der Waals surface area contributed by atoms with Crippen LogP contribution in [0.1, 0.15) is 12.5 Å².